The van der Waals surface area contributed by atoms with Crippen molar-refractivity contribution in [3.63, 3.8) is 0 Å². The normalized spacial score (nSPS) is 10.7. The lowest BCUT2D eigenvalue weighted by Crippen LogP contribution is -2.26. The van der Waals surface area contributed by atoms with Gasteiger partial charge in [-0.2, -0.15) is 0 Å². The Kier molecular flexibility index (Phi) is 5.31. The Morgan fingerprint density at radius 2 is 2.00 bits per heavy atom. The molecule has 1 amide bonds. The number of fused-ring (bicyclic) bond motifs is 1. The summed E-state index contributed by atoms with van der Waals surface area (Å²) in [5.41, 5.74) is 1.53. The molecule has 0 aliphatic heterocycles. The molecular formula is C20H21N3O3. The van der Waals surface area contributed by atoms with Crippen LogP contribution in [0.5, 0.6) is 5.75 Å². The lowest BCUT2D eigenvalue weighted by Gasteiger charge is -2.10. The highest BCUT2D eigenvalue weighted by atomic mass is 16.5. The number of ether oxygens (including phenoxy) is 1. The van der Waals surface area contributed by atoms with Crippen molar-refractivity contribution in [1.29, 1.82) is 0 Å². The van der Waals surface area contributed by atoms with E-state index in [1.807, 2.05) is 42.5 Å². The summed E-state index contributed by atoms with van der Waals surface area (Å²) < 4.78 is 6.68. The molecule has 134 valence electrons. The second-order valence-electron chi connectivity index (χ2n) is 6.04. The van der Waals surface area contributed by atoms with Crippen molar-refractivity contribution in [1.82, 2.24) is 14.9 Å². The quantitative estimate of drug-likeness (QED) is 0.739. The molecule has 0 saturated carbocycles. The number of hydrogen-bond acceptors (Lipinski definition) is 4. The van der Waals surface area contributed by atoms with Crippen molar-refractivity contribution >= 4 is 16.8 Å². The van der Waals surface area contributed by atoms with Crippen LogP contribution < -0.4 is 15.6 Å². The van der Waals surface area contributed by atoms with Crippen LogP contribution in [0.3, 0.4) is 0 Å². The van der Waals surface area contributed by atoms with Crippen LogP contribution in [0.25, 0.3) is 10.9 Å². The molecule has 2 aromatic carbocycles. The maximum Gasteiger partial charge on any atom is 0.261 e. The number of hydrogen-bond donors (Lipinski definition) is 1. The summed E-state index contributed by atoms with van der Waals surface area (Å²) in [5.74, 6) is 1.27. The third-order valence-corrected chi connectivity index (χ3v) is 4.28. The van der Waals surface area contributed by atoms with E-state index in [9.17, 15) is 9.59 Å². The van der Waals surface area contributed by atoms with Crippen molar-refractivity contribution in [3.8, 4) is 5.75 Å². The van der Waals surface area contributed by atoms with Gasteiger partial charge in [-0.1, -0.05) is 24.3 Å². The highest BCUT2D eigenvalue weighted by Gasteiger charge is 2.10. The Hall–Kier alpha value is -3.15. The Labute approximate surface area is 151 Å². The van der Waals surface area contributed by atoms with Crippen LogP contribution in [-0.4, -0.2) is 22.6 Å². The summed E-state index contributed by atoms with van der Waals surface area (Å²) in [6, 6.07) is 14.8. The van der Waals surface area contributed by atoms with Gasteiger partial charge < -0.3 is 10.1 Å². The second kappa shape index (κ2) is 7.82. The topological polar surface area (TPSA) is 73.2 Å². The van der Waals surface area contributed by atoms with Crippen LogP contribution in [0, 0.1) is 0 Å². The van der Waals surface area contributed by atoms with Crippen molar-refractivity contribution in [2.24, 2.45) is 7.05 Å². The van der Waals surface area contributed by atoms with Crippen LogP contribution in [0.2, 0.25) is 0 Å². The van der Waals surface area contributed by atoms with Crippen molar-refractivity contribution in [2.45, 2.75) is 19.4 Å². The summed E-state index contributed by atoms with van der Waals surface area (Å²) >= 11 is 0. The van der Waals surface area contributed by atoms with Gasteiger partial charge in [-0.25, -0.2) is 4.98 Å². The van der Waals surface area contributed by atoms with Gasteiger partial charge in [0.1, 0.15) is 11.6 Å². The Morgan fingerprint density at radius 1 is 1.19 bits per heavy atom. The SMILES string of the molecule is COc1cccc(CNC(=O)CCc2nc3ccccc3c(=O)n2C)c1. The molecular weight excluding hydrogens is 330 g/mol. The number of para-hydroxylation sites is 1. The predicted molar refractivity (Wildman–Crippen MR) is 100 cm³/mol. The maximum absolute atomic E-state index is 12.4. The molecule has 0 fully saturated rings. The Morgan fingerprint density at radius 3 is 2.81 bits per heavy atom. The first-order valence-corrected chi connectivity index (χ1v) is 8.43. The molecule has 3 aromatic rings. The summed E-state index contributed by atoms with van der Waals surface area (Å²) in [4.78, 5) is 29.0. The fourth-order valence-electron chi connectivity index (χ4n) is 2.78. The van der Waals surface area contributed by atoms with E-state index in [1.165, 1.54) is 4.57 Å². The molecule has 0 bridgehead atoms. The van der Waals surface area contributed by atoms with E-state index in [2.05, 4.69) is 10.3 Å². The molecule has 0 unspecified atom stereocenters. The average Bonchev–Trinajstić information content (AvgIpc) is 2.68. The van der Waals surface area contributed by atoms with Crippen molar-refractivity contribution in [2.75, 3.05) is 7.11 Å². The van der Waals surface area contributed by atoms with E-state index in [4.69, 9.17) is 4.74 Å². The van der Waals surface area contributed by atoms with E-state index in [0.717, 1.165) is 11.3 Å². The maximum atomic E-state index is 12.4. The Bertz CT molecular complexity index is 995. The molecule has 0 atom stereocenters. The van der Waals surface area contributed by atoms with E-state index in [1.54, 1.807) is 20.2 Å². The molecule has 3 rings (SSSR count). The number of carbonyl (C=O) groups is 1. The van der Waals surface area contributed by atoms with E-state index >= 15 is 0 Å². The zero-order chi connectivity index (χ0) is 18.5. The highest BCUT2D eigenvalue weighted by molar-refractivity contribution is 5.78. The van der Waals surface area contributed by atoms with E-state index in [-0.39, 0.29) is 17.9 Å². The molecule has 6 nitrogen and oxygen atoms in total. The van der Waals surface area contributed by atoms with Gasteiger partial charge in [0.05, 0.1) is 18.0 Å². The minimum absolute atomic E-state index is 0.0878. The lowest BCUT2D eigenvalue weighted by molar-refractivity contribution is -0.121. The molecule has 26 heavy (non-hydrogen) atoms. The van der Waals surface area contributed by atoms with Crippen molar-refractivity contribution < 1.29 is 9.53 Å². The van der Waals surface area contributed by atoms with Gasteiger partial charge in [0.2, 0.25) is 5.91 Å². The van der Waals surface area contributed by atoms with Gasteiger partial charge in [0.15, 0.2) is 0 Å². The number of amides is 1. The van der Waals surface area contributed by atoms with Gasteiger partial charge in [0, 0.05) is 26.4 Å². The number of nitrogens with zero attached hydrogens (tertiary/aromatic N) is 2. The van der Waals surface area contributed by atoms with Gasteiger partial charge in [-0.3, -0.25) is 14.2 Å². The predicted octanol–water partition coefficient (Wildman–Crippen LogP) is 2.19. The summed E-state index contributed by atoms with van der Waals surface area (Å²) in [7, 11) is 3.30. The second-order valence-corrected chi connectivity index (χ2v) is 6.04. The number of benzene rings is 2. The molecule has 1 aromatic heterocycles. The average molecular weight is 351 g/mol. The zero-order valence-corrected chi connectivity index (χ0v) is 14.9. The first-order valence-electron chi connectivity index (χ1n) is 8.43. The van der Waals surface area contributed by atoms with Gasteiger partial charge in [0.25, 0.3) is 5.56 Å². The fourth-order valence-corrected chi connectivity index (χ4v) is 2.78. The monoisotopic (exact) mass is 351 g/mol. The third-order valence-electron chi connectivity index (χ3n) is 4.28. The van der Waals surface area contributed by atoms with Gasteiger partial charge in [-0.05, 0) is 29.8 Å². The van der Waals surface area contributed by atoms with E-state index < -0.39 is 0 Å². The number of aryl methyl sites for hydroxylation is 1. The van der Waals surface area contributed by atoms with Gasteiger partial charge in [-0.15, -0.1) is 0 Å². The molecule has 6 heteroatoms. The lowest BCUT2D eigenvalue weighted by atomic mass is 10.2. The summed E-state index contributed by atoms with van der Waals surface area (Å²) in [5, 5.41) is 3.47. The first-order chi connectivity index (χ1) is 12.6. The van der Waals surface area contributed by atoms with Gasteiger partial charge >= 0.3 is 0 Å². The molecule has 1 N–H and O–H groups in total. The minimum atomic E-state index is -0.0950. The molecule has 0 spiro atoms. The summed E-state index contributed by atoms with van der Waals surface area (Å²) in [6.45, 7) is 0.431. The number of methoxy groups -OCH3 is 1. The molecule has 0 aliphatic rings. The molecule has 0 radical (unpaired) electrons. The smallest absolute Gasteiger partial charge is 0.261 e. The van der Waals surface area contributed by atoms with E-state index in [0.29, 0.717) is 29.7 Å². The summed E-state index contributed by atoms with van der Waals surface area (Å²) in [6.07, 6.45) is 0.670. The van der Waals surface area contributed by atoms with Crippen LogP contribution in [0.4, 0.5) is 0 Å². The minimum Gasteiger partial charge on any atom is -0.497 e. The number of aromatic nitrogens is 2. The zero-order valence-electron chi connectivity index (χ0n) is 14.9. The standard InChI is InChI=1S/C20H21N3O3/c1-23-18(22-17-9-4-3-8-16(17)20(23)25)10-11-19(24)21-13-14-6-5-7-15(12-14)26-2/h3-9,12H,10-11,13H2,1-2H3,(H,21,24). The highest BCUT2D eigenvalue weighted by Crippen LogP contribution is 2.12. The largest absolute Gasteiger partial charge is 0.497 e. The van der Waals surface area contributed by atoms with Crippen LogP contribution in [0.15, 0.2) is 53.3 Å². The molecule has 0 aliphatic carbocycles. The molecule has 1 heterocycles. The third kappa shape index (κ3) is 3.91. The number of rotatable bonds is 6. The fraction of sp³-hybridized carbons (Fsp3) is 0.250. The van der Waals surface area contributed by atoms with Crippen LogP contribution in [-0.2, 0) is 24.8 Å². The van der Waals surface area contributed by atoms with Crippen LogP contribution in [0.1, 0.15) is 17.8 Å². The number of nitrogens with one attached hydrogen (secondary N) is 1. The first kappa shape index (κ1) is 17.7. The molecule has 0 saturated heterocycles. The van der Waals surface area contributed by atoms with Crippen molar-refractivity contribution in [3.05, 3.63) is 70.3 Å². The number of carbonyl (C=O) groups excluding carboxylic acids is 1. The van der Waals surface area contributed by atoms with Crippen LogP contribution >= 0.6 is 0 Å². The Balaban J connectivity index is 1.63.